The number of pyridine rings is 1. The van der Waals surface area contributed by atoms with Crippen LogP contribution in [-0.4, -0.2) is 15.2 Å². The summed E-state index contributed by atoms with van der Waals surface area (Å²) in [6.07, 6.45) is -1.64. The molecule has 0 bridgehead atoms. The van der Waals surface area contributed by atoms with Crippen molar-refractivity contribution >= 4 is 23.2 Å². The van der Waals surface area contributed by atoms with Crippen LogP contribution < -0.4 is 0 Å². The highest BCUT2D eigenvalue weighted by Crippen LogP contribution is 2.30. The molecule has 1 aromatic rings. The molecule has 0 spiro atoms. The zero-order chi connectivity index (χ0) is 10.2. The van der Waals surface area contributed by atoms with E-state index < -0.39 is 6.29 Å². The van der Waals surface area contributed by atoms with E-state index in [9.17, 15) is 0 Å². The Bertz CT molecular complexity index is 339. The molecule has 0 atom stereocenters. The van der Waals surface area contributed by atoms with Crippen molar-refractivity contribution in [2.24, 2.45) is 0 Å². The van der Waals surface area contributed by atoms with E-state index in [1.54, 1.807) is 13.8 Å². The Morgan fingerprint density at radius 2 is 1.77 bits per heavy atom. The molecule has 1 heterocycles. The van der Waals surface area contributed by atoms with E-state index >= 15 is 0 Å². The Kier molecular flexibility index (Phi) is 3.14. The van der Waals surface area contributed by atoms with Crippen molar-refractivity contribution in [2.45, 2.75) is 20.1 Å². The minimum atomic E-state index is -1.64. The van der Waals surface area contributed by atoms with Crippen molar-refractivity contribution in [1.29, 1.82) is 0 Å². The van der Waals surface area contributed by atoms with E-state index in [1.165, 1.54) is 0 Å². The number of aliphatic hydroxyl groups excluding tert-OH is 1. The van der Waals surface area contributed by atoms with E-state index in [0.717, 1.165) is 0 Å². The fraction of sp³-hybridized carbons (Fsp3) is 0.375. The molecule has 0 aliphatic rings. The van der Waals surface area contributed by atoms with Crippen molar-refractivity contribution in [1.82, 2.24) is 4.98 Å². The first-order valence-corrected chi connectivity index (χ1v) is 4.39. The van der Waals surface area contributed by atoms with Crippen LogP contribution in [0.1, 0.15) is 23.1 Å². The summed E-state index contributed by atoms with van der Waals surface area (Å²) in [7, 11) is 0. The Balaban J connectivity index is 3.44. The molecule has 0 saturated carbocycles. The fourth-order valence-electron chi connectivity index (χ4n) is 1.10. The number of hydrogen-bond acceptors (Lipinski definition) is 3. The highest BCUT2D eigenvalue weighted by Gasteiger charge is 2.16. The standard InChI is InChI=1S/C8H9Cl2NO2/c1-3-5(8(12)13)7(10)11-4(2)6(3)9/h8,12-13H,1-2H3. The molecule has 0 aliphatic carbocycles. The summed E-state index contributed by atoms with van der Waals surface area (Å²) in [4.78, 5) is 3.87. The van der Waals surface area contributed by atoms with Crippen LogP contribution in [0.25, 0.3) is 0 Å². The molecule has 0 aromatic carbocycles. The van der Waals surface area contributed by atoms with Gasteiger partial charge in [-0.2, -0.15) is 0 Å². The van der Waals surface area contributed by atoms with Crippen molar-refractivity contribution in [3.63, 3.8) is 0 Å². The third-order valence-electron chi connectivity index (χ3n) is 1.80. The fourth-order valence-corrected chi connectivity index (χ4v) is 1.61. The van der Waals surface area contributed by atoms with Crippen molar-refractivity contribution in [3.05, 3.63) is 27.0 Å². The Morgan fingerprint density at radius 3 is 2.23 bits per heavy atom. The first-order chi connectivity index (χ1) is 5.95. The molecule has 5 heteroatoms. The Morgan fingerprint density at radius 1 is 1.23 bits per heavy atom. The molecule has 1 aromatic heterocycles. The van der Waals surface area contributed by atoms with Crippen LogP contribution >= 0.6 is 23.2 Å². The summed E-state index contributed by atoms with van der Waals surface area (Å²) in [5.74, 6) is 0. The Labute approximate surface area is 85.9 Å². The molecule has 72 valence electrons. The normalized spacial score (nSPS) is 11.0. The van der Waals surface area contributed by atoms with Crippen molar-refractivity contribution in [2.75, 3.05) is 0 Å². The minimum absolute atomic E-state index is 0.0781. The predicted octanol–water partition coefficient (Wildman–Crippen LogP) is 1.99. The second kappa shape index (κ2) is 3.80. The van der Waals surface area contributed by atoms with Crippen molar-refractivity contribution < 1.29 is 10.2 Å². The lowest BCUT2D eigenvalue weighted by atomic mass is 10.1. The van der Waals surface area contributed by atoms with Gasteiger partial charge in [0, 0.05) is 5.56 Å². The average molecular weight is 222 g/mol. The van der Waals surface area contributed by atoms with Crippen LogP contribution in [0, 0.1) is 13.8 Å². The molecule has 1 rings (SSSR count). The van der Waals surface area contributed by atoms with E-state index in [2.05, 4.69) is 4.98 Å². The number of aromatic nitrogens is 1. The van der Waals surface area contributed by atoms with E-state index in [-0.39, 0.29) is 10.7 Å². The number of aryl methyl sites for hydroxylation is 1. The predicted molar refractivity (Wildman–Crippen MR) is 50.9 cm³/mol. The lowest BCUT2D eigenvalue weighted by molar-refractivity contribution is -0.0430. The van der Waals surface area contributed by atoms with Gasteiger partial charge >= 0.3 is 0 Å². The molecule has 0 aliphatic heterocycles. The lowest BCUT2D eigenvalue weighted by Crippen LogP contribution is -2.03. The molecule has 3 nitrogen and oxygen atoms in total. The third-order valence-corrected chi connectivity index (χ3v) is 2.64. The first kappa shape index (κ1) is 10.7. The second-order valence-electron chi connectivity index (χ2n) is 2.71. The molecular formula is C8H9Cl2NO2. The lowest BCUT2D eigenvalue weighted by Gasteiger charge is -2.12. The van der Waals surface area contributed by atoms with Crippen LogP contribution in [0.15, 0.2) is 0 Å². The smallest absolute Gasteiger partial charge is 0.181 e. The quantitative estimate of drug-likeness (QED) is 0.564. The topological polar surface area (TPSA) is 53.4 Å². The van der Waals surface area contributed by atoms with Crippen LogP contribution in [0.4, 0.5) is 0 Å². The first-order valence-electron chi connectivity index (χ1n) is 3.63. The number of rotatable bonds is 1. The molecule has 0 radical (unpaired) electrons. The summed E-state index contributed by atoms with van der Waals surface area (Å²) >= 11 is 11.6. The van der Waals surface area contributed by atoms with Gasteiger partial charge in [-0.3, -0.25) is 0 Å². The van der Waals surface area contributed by atoms with Gasteiger partial charge in [-0.1, -0.05) is 23.2 Å². The maximum atomic E-state index is 8.97. The van der Waals surface area contributed by atoms with Crippen LogP contribution in [0.5, 0.6) is 0 Å². The van der Waals surface area contributed by atoms with Crippen LogP contribution in [0.2, 0.25) is 10.2 Å². The second-order valence-corrected chi connectivity index (χ2v) is 3.45. The average Bonchev–Trinajstić information content (AvgIpc) is 1.99. The number of halogens is 2. The number of aliphatic hydroxyl groups is 2. The molecule has 0 amide bonds. The molecule has 0 unspecified atom stereocenters. The molecule has 0 fully saturated rings. The number of hydrogen-bond donors (Lipinski definition) is 2. The van der Waals surface area contributed by atoms with E-state index in [0.29, 0.717) is 16.3 Å². The largest absolute Gasteiger partial charge is 0.364 e. The molecular weight excluding hydrogens is 213 g/mol. The SMILES string of the molecule is Cc1nc(Cl)c(C(O)O)c(C)c1Cl. The zero-order valence-corrected chi connectivity index (χ0v) is 8.69. The summed E-state index contributed by atoms with van der Waals surface area (Å²) in [6, 6.07) is 0. The Hall–Kier alpha value is -0.350. The number of nitrogens with zero attached hydrogens (tertiary/aromatic N) is 1. The van der Waals surface area contributed by atoms with Gasteiger partial charge in [0.25, 0.3) is 0 Å². The summed E-state index contributed by atoms with van der Waals surface area (Å²) in [5.41, 5.74) is 1.29. The van der Waals surface area contributed by atoms with Gasteiger partial charge in [0.15, 0.2) is 6.29 Å². The van der Waals surface area contributed by atoms with Gasteiger partial charge < -0.3 is 10.2 Å². The minimum Gasteiger partial charge on any atom is -0.364 e. The summed E-state index contributed by atoms with van der Waals surface area (Å²) < 4.78 is 0. The maximum absolute atomic E-state index is 8.97. The monoisotopic (exact) mass is 221 g/mol. The molecule has 0 saturated heterocycles. The highest BCUT2D eigenvalue weighted by atomic mass is 35.5. The van der Waals surface area contributed by atoms with Gasteiger partial charge in [0.1, 0.15) is 5.15 Å². The molecule has 13 heavy (non-hydrogen) atoms. The third kappa shape index (κ3) is 1.94. The van der Waals surface area contributed by atoms with Gasteiger partial charge in [-0.15, -0.1) is 0 Å². The van der Waals surface area contributed by atoms with Gasteiger partial charge in [-0.25, -0.2) is 4.98 Å². The van der Waals surface area contributed by atoms with Gasteiger partial charge in [-0.05, 0) is 19.4 Å². The summed E-state index contributed by atoms with van der Waals surface area (Å²) in [6.45, 7) is 3.37. The van der Waals surface area contributed by atoms with E-state index in [1.807, 2.05) is 0 Å². The van der Waals surface area contributed by atoms with Gasteiger partial charge in [0.2, 0.25) is 0 Å². The summed E-state index contributed by atoms with van der Waals surface area (Å²) in [5, 5.41) is 18.4. The highest BCUT2D eigenvalue weighted by molar-refractivity contribution is 6.33. The van der Waals surface area contributed by atoms with Crippen molar-refractivity contribution in [3.8, 4) is 0 Å². The maximum Gasteiger partial charge on any atom is 0.181 e. The van der Waals surface area contributed by atoms with Crippen LogP contribution in [-0.2, 0) is 0 Å². The van der Waals surface area contributed by atoms with Crippen LogP contribution in [0.3, 0.4) is 0 Å². The van der Waals surface area contributed by atoms with Gasteiger partial charge in [0.05, 0.1) is 10.7 Å². The molecule has 2 N–H and O–H groups in total. The zero-order valence-electron chi connectivity index (χ0n) is 7.17. The van der Waals surface area contributed by atoms with E-state index in [4.69, 9.17) is 33.4 Å².